The highest BCUT2D eigenvalue weighted by Crippen LogP contribution is 2.18. The van der Waals surface area contributed by atoms with Gasteiger partial charge in [-0.2, -0.15) is 13.2 Å². The van der Waals surface area contributed by atoms with Crippen LogP contribution in [0, 0.1) is 0 Å². The number of nitrogens with one attached hydrogen (secondary N) is 1. The first-order valence-electron chi connectivity index (χ1n) is 7.42. The SMILES string of the molecule is C/C(=C/C(=O)C(F)(F)F)NC1CCN(C(=O)OC(C)(C)C)CC1. The van der Waals surface area contributed by atoms with Crippen LogP contribution in [0.25, 0.3) is 0 Å². The number of carbonyl (C=O) groups is 2. The molecule has 1 N–H and O–H groups in total. The standard InChI is InChI=1S/C15H23F3N2O3/c1-10(9-12(21)15(16,17)18)19-11-5-7-20(8-6-11)13(22)23-14(2,3)4/h9,11,19H,5-8H2,1-4H3/b10-9-. The Labute approximate surface area is 133 Å². The molecule has 0 unspecified atom stereocenters. The molecule has 5 nitrogen and oxygen atoms in total. The quantitative estimate of drug-likeness (QED) is 0.805. The summed E-state index contributed by atoms with van der Waals surface area (Å²) in [4.78, 5) is 24.4. The number of ether oxygens (including phenoxy) is 1. The van der Waals surface area contributed by atoms with E-state index < -0.39 is 23.7 Å². The van der Waals surface area contributed by atoms with Crippen molar-refractivity contribution in [2.24, 2.45) is 0 Å². The molecule has 0 aromatic heterocycles. The van der Waals surface area contributed by atoms with Crippen molar-refractivity contribution in [3.8, 4) is 0 Å². The normalized spacial score (nSPS) is 17.9. The van der Waals surface area contributed by atoms with E-state index in [1.165, 1.54) is 6.92 Å². The summed E-state index contributed by atoms with van der Waals surface area (Å²) in [6.07, 6.45) is -3.55. The van der Waals surface area contributed by atoms with Crippen molar-refractivity contribution in [1.29, 1.82) is 0 Å². The minimum absolute atomic E-state index is 0.0778. The van der Waals surface area contributed by atoms with Crippen LogP contribution in [-0.4, -0.2) is 47.7 Å². The van der Waals surface area contributed by atoms with Crippen LogP contribution in [0.5, 0.6) is 0 Å². The summed E-state index contributed by atoms with van der Waals surface area (Å²) in [5.41, 5.74) is -0.397. The summed E-state index contributed by atoms with van der Waals surface area (Å²) in [7, 11) is 0. The molecule has 1 saturated heterocycles. The molecule has 1 amide bonds. The lowest BCUT2D eigenvalue weighted by Crippen LogP contribution is -2.46. The highest BCUT2D eigenvalue weighted by molar-refractivity contribution is 5.94. The minimum atomic E-state index is -4.86. The number of rotatable bonds is 3. The molecule has 0 spiro atoms. The fourth-order valence-corrected chi connectivity index (χ4v) is 2.17. The number of alkyl halides is 3. The van der Waals surface area contributed by atoms with E-state index in [0.29, 0.717) is 32.0 Å². The maximum Gasteiger partial charge on any atom is 0.454 e. The van der Waals surface area contributed by atoms with Gasteiger partial charge < -0.3 is 15.0 Å². The van der Waals surface area contributed by atoms with Crippen LogP contribution in [0.4, 0.5) is 18.0 Å². The fourth-order valence-electron chi connectivity index (χ4n) is 2.17. The molecule has 0 atom stereocenters. The first kappa shape index (κ1) is 19.3. The number of likely N-dealkylation sites (tertiary alicyclic amines) is 1. The second-order valence-electron chi connectivity index (χ2n) is 6.58. The molecule has 23 heavy (non-hydrogen) atoms. The zero-order chi connectivity index (χ0) is 17.8. The van der Waals surface area contributed by atoms with Gasteiger partial charge in [-0.15, -0.1) is 0 Å². The maximum atomic E-state index is 12.2. The first-order chi connectivity index (χ1) is 10.4. The van der Waals surface area contributed by atoms with E-state index in [0.717, 1.165) is 0 Å². The number of hydrogen-bond acceptors (Lipinski definition) is 4. The highest BCUT2D eigenvalue weighted by Gasteiger charge is 2.36. The van der Waals surface area contributed by atoms with Gasteiger partial charge in [0, 0.05) is 30.9 Å². The molecule has 1 fully saturated rings. The van der Waals surface area contributed by atoms with Crippen molar-refractivity contribution >= 4 is 11.9 Å². The average molecular weight is 336 g/mol. The van der Waals surface area contributed by atoms with Gasteiger partial charge in [-0.25, -0.2) is 4.79 Å². The van der Waals surface area contributed by atoms with Gasteiger partial charge in [-0.05, 0) is 40.5 Å². The number of ketones is 1. The Balaban J connectivity index is 2.47. The molecule has 1 aliphatic rings. The van der Waals surface area contributed by atoms with Crippen LogP contribution in [0.15, 0.2) is 11.8 Å². The van der Waals surface area contributed by atoms with Crippen LogP contribution < -0.4 is 5.32 Å². The van der Waals surface area contributed by atoms with Gasteiger partial charge >= 0.3 is 12.3 Å². The average Bonchev–Trinajstić information content (AvgIpc) is 2.36. The van der Waals surface area contributed by atoms with Crippen LogP contribution in [-0.2, 0) is 9.53 Å². The van der Waals surface area contributed by atoms with Crippen molar-refractivity contribution in [1.82, 2.24) is 10.2 Å². The summed E-state index contributed by atoms with van der Waals surface area (Å²) < 4.78 is 41.8. The van der Waals surface area contributed by atoms with Gasteiger partial charge in [0.25, 0.3) is 5.78 Å². The fraction of sp³-hybridized carbons (Fsp3) is 0.733. The maximum absolute atomic E-state index is 12.2. The molecule has 0 aliphatic carbocycles. The molecule has 0 radical (unpaired) electrons. The van der Waals surface area contributed by atoms with E-state index in [1.54, 1.807) is 25.7 Å². The Kier molecular flexibility index (Phi) is 6.07. The van der Waals surface area contributed by atoms with Gasteiger partial charge in [-0.1, -0.05) is 0 Å². The Hall–Kier alpha value is -1.73. The van der Waals surface area contributed by atoms with Crippen LogP contribution in [0.2, 0.25) is 0 Å². The predicted octanol–water partition coefficient (Wildman–Crippen LogP) is 3.01. The minimum Gasteiger partial charge on any atom is -0.444 e. The van der Waals surface area contributed by atoms with Gasteiger partial charge in [0.1, 0.15) is 5.60 Å². The molecule has 1 heterocycles. The van der Waals surface area contributed by atoms with E-state index >= 15 is 0 Å². The van der Waals surface area contributed by atoms with E-state index in [4.69, 9.17) is 4.74 Å². The first-order valence-corrected chi connectivity index (χ1v) is 7.42. The molecule has 0 aromatic rings. The van der Waals surface area contributed by atoms with Gasteiger partial charge in [0.15, 0.2) is 0 Å². The second-order valence-corrected chi connectivity index (χ2v) is 6.58. The van der Waals surface area contributed by atoms with E-state index in [1.807, 2.05) is 0 Å². The summed E-state index contributed by atoms with van der Waals surface area (Å²) in [6, 6.07) is -0.0778. The largest absolute Gasteiger partial charge is 0.454 e. The monoisotopic (exact) mass is 336 g/mol. The number of hydrogen-bond donors (Lipinski definition) is 1. The molecular formula is C15H23F3N2O3. The third-order valence-corrected chi connectivity index (χ3v) is 3.21. The van der Waals surface area contributed by atoms with Crippen LogP contribution >= 0.6 is 0 Å². The van der Waals surface area contributed by atoms with E-state index in [2.05, 4.69) is 5.32 Å². The Morgan fingerprint density at radius 3 is 2.13 bits per heavy atom. The summed E-state index contributed by atoms with van der Waals surface area (Å²) in [6.45, 7) is 7.67. The molecule has 0 bridgehead atoms. The molecule has 1 rings (SSSR count). The molecule has 0 saturated carbocycles. The van der Waals surface area contributed by atoms with E-state index in [9.17, 15) is 22.8 Å². The molecule has 8 heteroatoms. The summed E-state index contributed by atoms with van der Waals surface area (Å²) >= 11 is 0. The van der Waals surface area contributed by atoms with Crippen molar-refractivity contribution in [2.45, 2.75) is 58.4 Å². The third kappa shape index (κ3) is 6.92. The zero-order valence-corrected chi connectivity index (χ0v) is 13.8. The van der Waals surface area contributed by atoms with Crippen molar-refractivity contribution < 1.29 is 27.5 Å². The number of amides is 1. The lowest BCUT2D eigenvalue weighted by atomic mass is 10.0. The number of allylic oxidation sites excluding steroid dienone is 2. The Bertz CT molecular complexity index is 473. The van der Waals surface area contributed by atoms with Crippen molar-refractivity contribution in [3.63, 3.8) is 0 Å². The van der Waals surface area contributed by atoms with E-state index in [-0.39, 0.29) is 11.7 Å². The number of piperidine rings is 1. The van der Waals surface area contributed by atoms with Crippen molar-refractivity contribution in [2.75, 3.05) is 13.1 Å². The lowest BCUT2D eigenvalue weighted by molar-refractivity contribution is -0.165. The van der Waals surface area contributed by atoms with Crippen molar-refractivity contribution in [3.05, 3.63) is 11.8 Å². The Morgan fingerprint density at radius 1 is 1.17 bits per heavy atom. The molecule has 1 aliphatic heterocycles. The highest BCUT2D eigenvalue weighted by atomic mass is 19.4. The molecule has 0 aromatic carbocycles. The predicted molar refractivity (Wildman–Crippen MR) is 78.8 cm³/mol. The third-order valence-electron chi connectivity index (χ3n) is 3.21. The molecule has 132 valence electrons. The summed E-state index contributed by atoms with van der Waals surface area (Å²) in [5, 5.41) is 2.89. The second kappa shape index (κ2) is 7.23. The van der Waals surface area contributed by atoms with Crippen LogP contribution in [0.3, 0.4) is 0 Å². The number of nitrogens with zero attached hydrogens (tertiary/aromatic N) is 1. The van der Waals surface area contributed by atoms with Gasteiger partial charge in [0.2, 0.25) is 0 Å². The lowest BCUT2D eigenvalue weighted by Gasteiger charge is -2.34. The zero-order valence-electron chi connectivity index (χ0n) is 13.8. The number of halogens is 3. The Morgan fingerprint density at radius 2 is 1.70 bits per heavy atom. The topological polar surface area (TPSA) is 58.6 Å². The number of carbonyl (C=O) groups excluding carboxylic acids is 2. The smallest absolute Gasteiger partial charge is 0.444 e. The van der Waals surface area contributed by atoms with Gasteiger partial charge in [0.05, 0.1) is 0 Å². The van der Waals surface area contributed by atoms with Crippen LogP contribution in [0.1, 0.15) is 40.5 Å². The molecular weight excluding hydrogens is 313 g/mol. The summed E-state index contributed by atoms with van der Waals surface area (Å²) in [5.74, 6) is -1.88. The van der Waals surface area contributed by atoms with Gasteiger partial charge in [-0.3, -0.25) is 4.79 Å².